The van der Waals surface area contributed by atoms with Crippen LogP contribution in [0.3, 0.4) is 0 Å². The number of hydrogen-bond acceptors (Lipinski definition) is 4. The fourth-order valence-corrected chi connectivity index (χ4v) is 6.37. The second kappa shape index (κ2) is 21.7. The molecule has 0 saturated heterocycles. The molecule has 0 amide bonds. The third-order valence-corrected chi connectivity index (χ3v) is 9.53. The second-order valence-electron chi connectivity index (χ2n) is 13.8. The Hall–Kier alpha value is -4.49. The molecule has 268 valence electrons. The van der Waals surface area contributed by atoms with Gasteiger partial charge in [0.1, 0.15) is 17.2 Å². The lowest BCUT2D eigenvalue weighted by Crippen LogP contribution is -1.97. The highest BCUT2D eigenvalue weighted by molar-refractivity contribution is 5.85. The van der Waals surface area contributed by atoms with Crippen molar-refractivity contribution in [3.05, 3.63) is 102 Å². The molecule has 5 aromatic rings. The van der Waals surface area contributed by atoms with Crippen LogP contribution in [0.15, 0.2) is 95.5 Å². The van der Waals surface area contributed by atoms with Gasteiger partial charge >= 0.3 is 0 Å². The number of ether oxygens (including phenoxy) is 2. The minimum Gasteiger partial charge on any atom is -0.494 e. The van der Waals surface area contributed by atoms with Crippen molar-refractivity contribution in [2.75, 3.05) is 13.2 Å². The number of rotatable bonds is 22. The van der Waals surface area contributed by atoms with Crippen molar-refractivity contribution in [2.45, 2.75) is 117 Å². The third-order valence-electron chi connectivity index (χ3n) is 9.53. The molecule has 0 radical (unpaired) electrons. The lowest BCUT2D eigenvalue weighted by Gasteiger charge is -2.08. The number of fused-ring (bicyclic) bond motifs is 1. The largest absolute Gasteiger partial charge is 0.494 e. The molecular weight excluding hydrogens is 627 g/mol. The Bertz CT molecular complexity index is 1770. The van der Waals surface area contributed by atoms with Gasteiger partial charge in [0.2, 0.25) is 0 Å². The Morgan fingerprint density at radius 1 is 0.471 bits per heavy atom. The summed E-state index contributed by atoms with van der Waals surface area (Å²) in [5, 5.41) is 6.66. The van der Waals surface area contributed by atoms with Crippen molar-refractivity contribution < 1.29 is 14.0 Å². The van der Waals surface area contributed by atoms with E-state index >= 15 is 0 Å². The summed E-state index contributed by atoms with van der Waals surface area (Å²) in [4.78, 5) is 0. The predicted molar refractivity (Wildman–Crippen MR) is 214 cm³/mol. The highest BCUT2D eigenvalue weighted by Gasteiger charge is 2.09. The molecule has 0 N–H and O–H groups in total. The van der Waals surface area contributed by atoms with Crippen molar-refractivity contribution >= 4 is 10.8 Å². The van der Waals surface area contributed by atoms with Gasteiger partial charge in [-0.15, -0.1) is 0 Å². The Kier molecular flexibility index (Phi) is 16.0. The Morgan fingerprint density at radius 3 is 1.61 bits per heavy atom. The molecule has 0 bridgehead atoms. The van der Waals surface area contributed by atoms with E-state index in [1.807, 2.05) is 54.6 Å². The lowest BCUT2D eigenvalue weighted by molar-refractivity contribution is 0.304. The van der Waals surface area contributed by atoms with E-state index in [0.29, 0.717) is 0 Å². The first kappa shape index (κ1) is 37.8. The van der Waals surface area contributed by atoms with Gasteiger partial charge in [-0.3, -0.25) is 0 Å². The summed E-state index contributed by atoms with van der Waals surface area (Å²) in [7, 11) is 0. The number of aromatic nitrogens is 1. The normalized spacial score (nSPS) is 11.0. The molecule has 0 aliphatic heterocycles. The van der Waals surface area contributed by atoms with E-state index in [1.165, 1.54) is 101 Å². The van der Waals surface area contributed by atoms with Crippen LogP contribution in [-0.2, 0) is 0 Å². The topological polar surface area (TPSA) is 44.5 Å². The number of benzene rings is 4. The van der Waals surface area contributed by atoms with Crippen molar-refractivity contribution in [3.63, 3.8) is 0 Å². The standard InChI is InChI=1S/C47H57NO3/c1-3-5-7-9-11-13-15-17-33-49-44-30-27-40(28-31-44)46-37-47(51-48-46)41-24-21-38(22-25-41)19-20-39-23-26-43-36-45(32-29-42(43)35-39)50-34-18-16-14-12-10-8-6-4-2/h21-32,35-37H,3-18,33-34H2,1-2H3. The minimum atomic E-state index is 0.732. The van der Waals surface area contributed by atoms with Crippen LogP contribution in [0.25, 0.3) is 33.4 Å². The van der Waals surface area contributed by atoms with E-state index in [1.54, 1.807) is 0 Å². The van der Waals surface area contributed by atoms with E-state index < -0.39 is 0 Å². The van der Waals surface area contributed by atoms with Crippen molar-refractivity contribution in [1.82, 2.24) is 5.16 Å². The molecule has 51 heavy (non-hydrogen) atoms. The summed E-state index contributed by atoms with van der Waals surface area (Å²) < 4.78 is 17.7. The molecule has 1 aromatic heterocycles. The van der Waals surface area contributed by atoms with Crippen LogP contribution in [-0.4, -0.2) is 18.4 Å². The number of unbranched alkanes of at least 4 members (excludes halogenated alkanes) is 14. The van der Waals surface area contributed by atoms with Crippen LogP contribution >= 0.6 is 0 Å². The van der Waals surface area contributed by atoms with E-state index in [0.717, 1.165) is 71.3 Å². The molecule has 0 fully saturated rings. The van der Waals surface area contributed by atoms with Crippen molar-refractivity contribution in [2.24, 2.45) is 0 Å². The summed E-state index contributed by atoms with van der Waals surface area (Å²) in [6.07, 6.45) is 20.8. The lowest BCUT2D eigenvalue weighted by atomic mass is 10.1. The van der Waals surface area contributed by atoms with E-state index in [-0.39, 0.29) is 0 Å². The van der Waals surface area contributed by atoms with Crippen LogP contribution < -0.4 is 9.47 Å². The zero-order valence-corrected chi connectivity index (χ0v) is 31.1. The van der Waals surface area contributed by atoms with Crippen LogP contribution in [0.2, 0.25) is 0 Å². The fourth-order valence-electron chi connectivity index (χ4n) is 6.37. The van der Waals surface area contributed by atoms with Gasteiger partial charge in [0.15, 0.2) is 5.76 Å². The van der Waals surface area contributed by atoms with Gasteiger partial charge in [-0.05, 0) is 96.4 Å². The average Bonchev–Trinajstić information content (AvgIpc) is 3.67. The van der Waals surface area contributed by atoms with E-state index in [2.05, 4.69) is 67.2 Å². The first-order valence-electron chi connectivity index (χ1n) is 19.7. The molecule has 0 aliphatic carbocycles. The second-order valence-corrected chi connectivity index (χ2v) is 13.8. The molecule has 5 rings (SSSR count). The quantitative estimate of drug-likeness (QED) is 0.0538. The Balaban J connectivity index is 1.05. The maximum Gasteiger partial charge on any atom is 0.167 e. The zero-order valence-electron chi connectivity index (χ0n) is 31.1. The average molecular weight is 684 g/mol. The molecular formula is C47H57NO3. The summed E-state index contributed by atoms with van der Waals surface area (Å²) in [6, 6.07) is 30.9. The summed E-state index contributed by atoms with van der Waals surface area (Å²) in [5.74, 6) is 9.21. The molecule has 0 atom stereocenters. The van der Waals surface area contributed by atoms with Gasteiger partial charge in [0.25, 0.3) is 0 Å². The van der Waals surface area contributed by atoms with Crippen LogP contribution in [0.4, 0.5) is 0 Å². The first-order valence-corrected chi connectivity index (χ1v) is 19.7. The van der Waals surface area contributed by atoms with Gasteiger partial charge in [-0.25, -0.2) is 0 Å². The van der Waals surface area contributed by atoms with Crippen molar-refractivity contribution in [1.29, 1.82) is 0 Å². The fraction of sp³-hybridized carbons (Fsp3) is 0.426. The molecule has 1 heterocycles. The monoisotopic (exact) mass is 683 g/mol. The highest BCUT2D eigenvalue weighted by Crippen LogP contribution is 2.28. The Morgan fingerprint density at radius 2 is 0.961 bits per heavy atom. The molecule has 4 heteroatoms. The van der Waals surface area contributed by atoms with Gasteiger partial charge in [-0.2, -0.15) is 0 Å². The molecule has 0 saturated carbocycles. The van der Waals surface area contributed by atoms with E-state index in [4.69, 9.17) is 14.0 Å². The smallest absolute Gasteiger partial charge is 0.167 e. The molecule has 4 aromatic carbocycles. The number of nitrogens with zero attached hydrogens (tertiary/aromatic N) is 1. The van der Waals surface area contributed by atoms with E-state index in [9.17, 15) is 0 Å². The van der Waals surface area contributed by atoms with Crippen molar-refractivity contribution in [3.8, 4) is 45.9 Å². The van der Waals surface area contributed by atoms with Gasteiger partial charge in [-0.1, -0.05) is 133 Å². The van der Waals surface area contributed by atoms with Gasteiger partial charge < -0.3 is 14.0 Å². The molecule has 0 spiro atoms. The maximum absolute atomic E-state index is 6.05. The zero-order chi connectivity index (χ0) is 35.4. The SMILES string of the molecule is CCCCCCCCCCOc1ccc(-c2cc(-c3ccc(C#Cc4ccc5cc(OCCCCCCCCCC)ccc5c4)cc3)on2)cc1. The number of hydrogen-bond donors (Lipinski definition) is 0. The van der Waals surface area contributed by atoms with Crippen LogP contribution in [0, 0.1) is 11.8 Å². The molecule has 4 nitrogen and oxygen atoms in total. The molecule has 0 unspecified atom stereocenters. The minimum absolute atomic E-state index is 0.732. The molecule has 0 aliphatic rings. The highest BCUT2D eigenvalue weighted by atomic mass is 16.5. The summed E-state index contributed by atoms with van der Waals surface area (Å²) in [6.45, 7) is 6.08. The predicted octanol–water partition coefficient (Wildman–Crippen LogP) is 13.6. The Labute approximate surface area is 307 Å². The van der Waals surface area contributed by atoms with Crippen LogP contribution in [0.1, 0.15) is 128 Å². The maximum atomic E-state index is 6.05. The first-order chi connectivity index (χ1) is 25.2. The summed E-state index contributed by atoms with van der Waals surface area (Å²) >= 11 is 0. The summed E-state index contributed by atoms with van der Waals surface area (Å²) in [5.41, 5.74) is 4.72. The van der Waals surface area contributed by atoms with Gasteiger partial charge in [0, 0.05) is 28.3 Å². The van der Waals surface area contributed by atoms with Crippen LogP contribution in [0.5, 0.6) is 11.5 Å². The third kappa shape index (κ3) is 13.0. The van der Waals surface area contributed by atoms with Gasteiger partial charge in [0.05, 0.1) is 13.2 Å².